The maximum atomic E-state index is 9.54. The Morgan fingerprint density at radius 3 is 2.59 bits per heavy atom. The molecule has 0 amide bonds. The van der Waals surface area contributed by atoms with Crippen LogP contribution < -0.4 is 10.5 Å². The Morgan fingerprint density at radius 2 is 2.00 bits per heavy atom. The van der Waals surface area contributed by atoms with Gasteiger partial charge in [0.2, 0.25) is 0 Å². The minimum Gasteiger partial charge on any atom is -0.455 e. The van der Waals surface area contributed by atoms with Crippen molar-refractivity contribution >= 4 is 6.72 Å². The van der Waals surface area contributed by atoms with E-state index < -0.39 is 0 Å². The van der Waals surface area contributed by atoms with Crippen molar-refractivity contribution < 1.29 is 4.74 Å². The smallest absolute Gasteiger partial charge is 0.162 e. The van der Waals surface area contributed by atoms with Gasteiger partial charge in [0.1, 0.15) is 17.3 Å². The minimum atomic E-state index is 0.331. The molecule has 1 aliphatic heterocycles. The summed E-state index contributed by atoms with van der Waals surface area (Å²) in [6.07, 6.45) is 8.00. The number of nitriles is 2. The van der Waals surface area contributed by atoms with E-state index in [1.807, 2.05) is 0 Å². The van der Waals surface area contributed by atoms with Gasteiger partial charge in [0.15, 0.2) is 5.82 Å². The first-order chi connectivity index (χ1) is 15.6. The largest absolute Gasteiger partial charge is 0.455 e. The number of hydrogen-bond donors (Lipinski definition) is 1. The zero-order chi connectivity index (χ0) is 22.9. The van der Waals surface area contributed by atoms with E-state index in [2.05, 4.69) is 38.7 Å². The molecule has 1 aromatic carbocycles. The van der Waals surface area contributed by atoms with Crippen molar-refractivity contribution in [3.63, 3.8) is 0 Å². The highest BCUT2D eigenvalue weighted by Crippen LogP contribution is 2.31. The van der Waals surface area contributed by atoms with E-state index in [1.54, 1.807) is 43.6 Å². The van der Waals surface area contributed by atoms with Gasteiger partial charge in [-0.25, -0.2) is 15.0 Å². The highest BCUT2D eigenvalue weighted by atomic mass is 16.5. The molecule has 0 saturated carbocycles. The lowest BCUT2D eigenvalue weighted by Gasteiger charge is -2.19. The fourth-order valence-corrected chi connectivity index (χ4v) is 3.34. The molecule has 0 unspecified atom stereocenters. The van der Waals surface area contributed by atoms with Crippen LogP contribution in [0.2, 0.25) is 0 Å². The summed E-state index contributed by atoms with van der Waals surface area (Å²) in [5.74, 6) is 1.80. The van der Waals surface area contributed by atoms with Crippen molar-refractivity contribution in [3.8, 4) is 29.3 Å². The highest BCUT2D eigenvalue weighted by Gasteiger charge is 2.18. The normalized spacial score (nSPS) is 14.4. The van der Waals surface area contributed by atoms with Gasteiger partial charge in [-0.15, -0.1) is 0 Å². The maximum absolute atomic E-state index is 9.54. The number of likely N-dealkylation sites (tertiary alicyclic amines) is 1. The number of allylic oxidation sites excluding steroid dienone is 2. The van der Waals surface area contributed by atoms with E-state index in [4.69, 9.17) is 10.5 Å². The fraction of sp³-hybridized carbons (Fsp3) is 0.292. The molecule has 1 fully saturated rings. The standard InChI is InChI=1S/C24H25N7O/c1-17(13-26)21(12-23(28-2)31-9-3-4-10-31)32-22-11-18(14-27)5-6-20(22)24-29-15-19(7-8-25)16-30-24/h5-6,11-12,15-16H,2-4,7-10,25H2,1H3/b21-17-,23-12+. The third-order valence-electron chi connectivity index (χ3n) is 5.10. The van der Waals surface area contributed by atoms with Crippen molar-refractivity contribution in [2.24, 2.45) is 10.7 Å². The van der Waals surface area contributed by atoms with E-state index in [0.717, 1.165) is 31.5 Å². The van der Waals surface area contributed by atoms with Gasteiger partial charge < -0.3 is 15.4 Å². The number of aliphatic imine (C=N–C) groups is 1. The van der Waals surface area contributed by atoms with Gasteiger partial charge in [-0.2, -0.15) is 10.5 Å². The van der Waals surface area contributed by atoms with Crippen molar-refractivity contribution in [1.29, 1.82) is 10.5 Å². The Kier molecular flexibility index (Phi) is 7.69. The molecule has 0 aliphatic carbocycles. The van der Waals surface area contributed by atoms with Crippen LogP contribution in [0.15, 0.2) is 58.8 Å². The lowest BCUT2D eigenvalue weighted by Crippen LogP contribution is -2.17. The van der Waals surface area contributed by atoms with Gasteiger partial charge in [0.25, 0.3) is 0 Å². The summed E-state index contributed by atoms with van der Waals surface area (Å²) in [5.41, 5.74) is 7.93. The number of hydrogen-bond acceptors (Lipinski definition) is 8. The van der Waals surface area contributed by atoms with Crippen molar-refractivity contribution in [2.75, 3.05) is 19.6 Å². The highest BCUT2D eigenvalue weighted by molar-refractivity contribution is 5.66. The minimum absolute atomic E-state index is 0.331. The quantitative estimate of drug-likeness (QED) is 0.296. The van der Waals surface area contributed by atoms with Gasteiger partial charge in [-0.3, -0.25) is 0 Å². The maximum Gasteiger partial charge on any atom is 0.162 e. The Morgan fingerprint density at radius 1 is 1.28 bits per heavy atom. The van der Waals surface area contributed by atoms with Gasteiger partial charge in [-0.1, -0.05) is 0 Å². The number of aromatic nitrogens is 2. The lowest BCUT2D eigenvalue weighted by atomic mass is 10.1. The molecular weight excluding hydrogens is 402 g/mol. The van der Waals surface area contributed by atoms with Crippen LogP contribution in [0.5, 0.6) is 5.75 Å². The van der Waals surface area contributed by atoms with Crippen molar-refractivity contribution in [3.05, 3.63) is 64.9 Å². The molecule has 2 aromatic rings. The molecule has 2 N–H and O–H groups in total. The number of rotatable bonds is 8. The molecule has 0 spiro atoms. The number of benzene rings is 1. The van der Waals surface area contributed by atoms with E-state index >= 15 is 0 Å². The molecule has 0 radical (unpaired) electrons. The molecule has 1 aliphatic rings. The van der Waals surface area contributed by atoms with Crippen molar-refractivity contribution in [1.82, 2.24) is 14.9 Å². The molecular formula is C24H25N7O. The van der Waals surface area contributed by atoms with Gasteiger partial charge in [0, 0.05) is 31.6 Å². The fourth-order valence-electron chi connectivity index (χ4n) is 3.34. The summed E-state index contributed by atoms with van der Waals surface area (Å²) in [6.45, 7) is 7.61. The Hall–Kier alpha value is -4.01. The number of nitrogens with zero attached hydrogens (tertiary/aromatic N) is 6. The molecule has 8 heteroatoms. The van der Waals surface area contributed by atoms with Crippen LogP contribution in [0.1, 0.15) is 30.9 Å². The third kappa shape index (κ3) is 5.37. The van der Waals surface area contributed by atoms with E-state index in [9.17, 15) is 10.5 Å². The molecule has 1 saturated heterocycles. The zero-order valence-electron chi connectivity index (χ0n) is 18.1. The van der Waals surface area contributed by atoms with Crippen LogP contribution in [-0.2, 0) is 6.42 Å². The van der Waals surface area contributed by atoms with Crippen LogP contribution in [0.4, 0.5) is 0 Å². The summed E-state index contributed by atoms with van der Waals surface area (Å²) in [4.78, 5) is 15.1. The zero-order valence-corrected chi connectivity index (χ0v) is 18.1. The second-order valence-corrected chi connectivity index (χ2v) is 7.33. The molecule has 0 atom stereocenters. The molecule has 0 bridgehead atoms. The first kappa shape index (κ1) is 22.7. The molecule has 3 rings (SSSR count). The van der Waals surface area contributed by atoms with E-state index in [1.165, 1.54) is 0 Å². The van der Waals surface area contributed by atoms with E-state index in [-0.39, 0.29) is 0 Å². The Balaban J connectivity index is 2.03. The van der Waals surface area contributed by atoms with Gasteiger partial charge in [0.05, 0.1) is 28.8 Å². The number of nitrogens with two attached hydrogens (primary N) is 1. The molecule has 162 valence electrons. The van der Waals surface area contributed by atoms with Crippen LogP contribution in [0, 0.1) is 22.7 Å². The molecule has 8 nitrogen and oxygen atoms in total. The molecule has 1 aromatic heterocycles. The molecule has 2 heterocycles. The van der Waals surface area contributed by atoms with Crippen molar-refractivity contribution in [2.45, 2.75) is 26.2 Å². The molecule has 32 heavy (non-hydrogen) atoms. The third-order valence-corrected chi connectivity index (χ3v) is 5.10. The predicted octanol–water partition coefficient (Wildman–Crippen LogP) is 3.33. The SMILES string of the molecule is C=N/C(=C\C(Oc1cc(C#N)ccc1-c1ncc(CCN)cn1)=C(/C)C#N)N1CCCC1. The summed E-state index contributed by atoms with van der Waals surface area (Å²) in [7, 11) is 0. The Bertz CT molecular complexity index is 1110. The predicted molar refractivity (Wildman–Crippen MR) is 122 cm³/mol. The number of ether oxygens (including phenoxy) is 1. The first-order valence-electron chi connectivity index (χ1n) is 10.4. The van der Waals surface area contributed by atoms with Gasteiger partial charge in [-0.05, 0) is 63.2 Å². The summed E-state index contributed by atoms with van der Waals surface area (Å²) in [6, 6.07) is 9.28. The Labute approximate surface area is 188 Å². The summed E-state index contributed by atoms with van der Waals surface area (Å²) in [5, 5.41) is 18.9. The monoisotopic (exact) mass is 427 g/mol. The summed E-state index contributed by atoms with van der Waals surface area (Å²) < 4.78 is 6.18. The average Bonchev–Trinajstić information content (AvgIpc) is 3.36. The second kappa shape index (κ2) is 10.9. The van der Waals surface area contributed by atoms with Crippen LogP contribution >= 0.6 is 0 Å². The van der Waals surface area contributed by atoms with Crippen LogP contribution in [0.25, 0.3) is 11.4 Å². The van der Waals surface area contributed by atoms with Crippen LogP contribution in [0.3, 0.4) is 0 Å². The van der Waals surface area contributed by atoms with E-state index in [0.29, 0.717) is 52.8 Å². The second-order valence-electron chi connectivity index (χ2n) is 7.33. The topological polar surface area (TPSA) is 124 Å². The summed E-state index contributed by atoms with van der Waals surface area (Å²) >= 11 is 0. The van der Waals surface area contributed by atoms with Crippen LogP contribution in [-0.4, -0.2) is 41.2 Å². The van der Waals surface area contributed by atoms with Gasteiger partial charge >= 0.3 is 0 Å². The first-order valence-corrected chi connectivity index (χ1v) is 10.4. The average molecular weight is 428 g/mol. The lowest BCUT2D eigenvalue weighted by molar-refractivity contribution is 0.407.